The highest BCUT2D eigenvalue weighted by atomic mass is 28.4. The molecular weight excluding hydrogens is 277 g/mol. The Hall–Kier alpha value is -0.113. The van der Waals surface area contributed by atoms with Crippen molar-refractivity contribution < 1.29 is 26.4 Å². The second kappa shape index (κ2) is 9.74. The number of rotatable bonds is 11. The zero-order valence-electron chi connectivity index (χ0n) is 12.0. The summed E-state index contributed by atoms with van der Waals surface area (Å²) in [4.78, 5) is 0. The number of unbranched alkanes of at least 4 members (excludes halogenated alkanes) is 3. The number of halogens is 3. The van der Waals surface area contributed by atoms with Gasteiger partial charge in [0.1, 0.15) is 0 Å². The second-order valence-corrected chi connectivity index (χ2v) is 7.13. The predicted molar refractivity (Wildman–Crippen MR) is 70.0 cm³/mol. The van der Waals surface area contributed by atoms with Gasteiger partial charge in [0.2, 0.25) is 0 Å². The average molecular weight is 302 g/mol. The third-order valence-electron chi connectivity index (χ3n) is 2.73. The van der Waals surface area contributed by atoms with Crippen molar-refractivity contribution in [3.63, 3.8) is 0 Å². The fourth-order valence-corrected chi connectivity index (χ4v) is 4.24. The van der Waals surface area contributed by atoms with E-state index in [0.717, 1.165) is 12.8 Å². The first-order chi connectivity index (χ1) is 8.89. The second-order valence-electron chi connectivity index (χ2n) is 4.28. The van der Waals surface area contributed by atoms with Gasteiger partial charge in [0.05, 0.1) is 0 Å². The number of hydrogen-bond acceptors (Lipinski definition) is 3. The Balaban J connectivity index is 3.86. The van der Waals surface area contributed by atoms with Crippen molar-refractivity contribution in [3.05, 3.63) is 0 Å². The first-order valence-corrected chi connectivity index (χ1v) is 8.72. The molecule has 0 aromatic rings. The quantitative estimate of drug-likeness (QED) is 0.424. The van der Waals surface area contributed by atoms with Crippen LogP contribution in [-0.4, -0.2) is 35.3 Å². The van der Waals surface area contributed by atoms with Gasteiger partial charge < -0.3 is 13.3 Å². The van der Waals surface area contributed by atoms with Gasteiger partial charge in [-0.05, 0) is 26.7 Å². The lowest BCUT2D eigenvalue weighted by Crippen LogP contribution is -2.44. The van der Waals surface area contributed by atoms with Gasteiger partial charge in [-0.25, -0.2) is 0 Å². The van der Waals surface area contributed by atoms with E-state index in [-0.39, 0.29) is 6.42 Å². The molecule has 19 heavy (non-hydrogen) atoms. The first-order valence-electron chi connectivity index (χ1n) is 6.79. The molecule has 0 aromatic carbocycles. The maximum atomic E-state index is 12.0. The molecule has 0 spiro atoms. The topological polar surface area (TPSA) is 27.7 Å². The fraction of sp³-hybridized carbons (Fsp3) is 1.00. The highest BCUT2D eigenvalue weighted by Gasteiger charge is 2.38. The molecule has 0 aliphatic carbocycles. The summed E-state index contributed by atoms with van der Waals surface area (Å²) in [6, 6.07) is 0.664. The molecule has 0 atom stereocenters. The minimum Gasteiger partial charge on any atom is -0.377 e. The zero-order valence-corrected chi connectivity index (χ0v) is 13.0. The normalized spacial score (nSPS) is 12.9. The predicted octanol–water partition coefficient (Wildman–Crippen LogP) is 4.16. The molecular formula is C12H25F3O3Si. The Kier molecular flexibility index (Phi) is 9.68. The van der Waals surface area contributed by atoms with Gasteiger partial charge in [0, 0.05) is 32.8 Å². The van der Waals surface area contributed by atoms with Crippen molar-refractivity contribution in [1.29, 1.82) is 0 Å². The molecule has 3 nitrogen and oxygen atoms in total. The standard InChI is InChI=1S/C12H25F3O3Si/c1-4-17-19(16-3,18-5-2)11-9-7-6-8-10-12(13,14)15/h4-11H2,1-3H3. The van der Waals surface area contributed by atoms with Gasteiger partial charge in [0.15, 0.2) is 0 Å². The van der Waals surface area contributed by atoms with E-state index in [1.54, 1.807) is 7.11 Å². The smallest absolute Gasteiger partial charge is 0.377 e. The van der Waals surface area contributed by atoms with Gasteiger partial charge in [-0.2, -0.15) is 13.2 Å². The van der Waals surface area contributed by atoms with E-state index in [4.69, 9.17) is 13.3 Å². The molecule has 0 aliphatic rings. The van der Waals surface area contributed by atoms with E-state index in [9.17, 15) is 13.2 Å². The molecule has 0 radical (unpaired) electrons. The van der Waals surface area contributed by atoms with Gasteiger partial charge in [-0.3, -0.25) is 0 Å². The number of alkyl halides is 3. The summed E-state index contributed by atoms with van der Waals surface area (Å²) in [7, 11) is -1.02. The highest BCUT2D eigenvalue weighted by Crippen LogP contribution is 2.24. The molecule has 116 valence electrons. The van der Waals surface area contributed by atoms with E-state index >= 15 is 0 Å². The zero-order chi connectivity index (χ0) is 14.8. The van der Waals surface area contributed by atoms with Gasteiger partial charge in [-0.1, -0.05) is 12.8 Å². The van der Waals surface area contributed by atoms with E-state index in [1.807, 2.05) is 13.8 Å². The molecule has 7 heteroatoms. The van der Waals surface area contributed by atoms with Crippen LogP contribution in [0.4, 0.5) is 13.2 Å². The van der Waals surface area contributed by atoms with Crippen LogP contribution in [-0.2, 0) is 13.3 Å². The molecule has 0 rings (SSSR count). The summed E-state index contributed by atoms with van der Waals surface area (Å²) >= 11 is 0. The van der Waals surface area contributed by atoms with Crippen LogP contribution in [0.1, 0.15) is 46.0 Å². The summed E-state index contributed by atoms with van der Waals surface area (Å²) in [5.74, 6) is 0. The molecule has 0 saturated carbocycles. The van der Waals surface area contributed by atoms with Crippen molar-refractivity contribution in [2.24, 2.45) is 0 Å². The molecule has 0 aliphatic heterocycles. The summed E-state index contributed by atoms with van der Waals surface area (Å²) in [6.07, 6.45) is -2.45. The Morgan fingerprint density at radius 3 is 1.84 bits per heavy atom. The molecule has 0 amide bonds. The van der Waals surface area contributed by atoms with Crippen LogP contribution in [0.3, 0.4) is 0 Å². The third-order valence-corrected chi connectivity index (χ3v) is 5.78. The van der Waals surface area contributed by atoms with Crippen LogP contribution in [0.15, 0.2) is 0 Å². The van der Waals surface area contributed by atoms with Gasteiger partial charge in [0.25, 0.3) is 0 Å². The van der Waals surface area contributed by atoms with Crippen molar-refractivity contribution in [2.45, 2.75) is 58.2 Å². The van der Waals surface area contributed by atoms with Crippen LogP contribution in [0.5, 0.6) is 0 Å². The maximum Gasteiger partial charge on any atom is 0.500 e. The van der Waals surface area contributed by atoms with Crippen molar-refractivity contribution >= 4 is 8.80 Å². The fourth-order valence-electron chi connectivity index (χ4n) is 1.87. The summed E-state index contributed by atoms with van der Waals surface area (Å²) < 4.78 is 52.5. The van der Waals surface area contributed by atoms with E-state index in [1.165, 1.54) is 0 Å². The lowest BCUT2D eigenvalue weighted by Gasteiger charge is -2.27. The molecule has 0 unspecified atom stereocenters. The maximum absolute atomic E-state index is 12.0. The molecule has 0 aromatic heterocycles. The molecule has 0 saturated heterocycles. The van der Waals surface area contributed by atoms with Crippen LogP contribution < -0.4 is 0 Å². The first kappa shape index (κ1) is 18.9. The minimum atomic E-state index is -4.04. The van der Waals surface area contributed by atoms with Gasteiger partial charge in [-0.15, -0.1) is 0 Å². The largest absolute Gasteiger partial charge is 0.500 e. The van der Waals surface area contributed by atoms with Crippen molar-refractivity contribution in [2.75, 3.05) is 20.3 Å². The summed E-state index contributed by atoms with van der Waals surface area (Å²) in [6.45, 7) is 4.80. The molecule has 0 fully saturated rings. The van der Waals surface area contributed by atoms with E-state index in [0.29, 0.717) is 25.7 Å². The SMILES string of the molecule is CCO[Si](CCCCCCC(F)(F)F)(OC)OCC. The Bertz CT molecular complexity index is 219. The van der Waals surface area contributed by atoms with E-state index in [2.05, 4.69) is 0 Å². The Labute approximate surface area is 114 Å². The molecule has 0 bridgehead atoms. The van der Waals surface area contributed by atoms with Crippen molar-refractivity contribution in [1.82, 2.24) is 0 Å². The Morgan fingerprint density at radius 2 is 1.42 bits per heavy atom. The monoisotopic (exact) mass is 302 g/mol. The lowest BCUT2D eigenvalue weighted by atomic mass is 10.1. The van der Waals surface area contributed by atoms with Crippen LogP contribution >= 0.6 is 0 Å². The van der Waals surface area contributed by atoms with Crippen LogP contribution in [0, 0.1) is 0 Å². The highest BCUT2D eigenvalue weighted by molar-refractivity contribution is 6.60. The average Bonchev–Trinajstić information content (AvgIpc) is 2.32. The Morgan fingerprint density at radius 1 is 0.895 bits per heavy atom. The van der Waals surface area contributed by atoms with Crippen LogP contribution in [0.2, 0.25) is 6.04 Å². The van der Waals surface area contributed by atoms with E-state index < -0.39 is 21.4 Å². The molecule has 0 N–H and O–H groups in total. The van der Waals surface area contributed by atoms with Crippen LogP contribution in [0.25, 0.3) is 0 Å². The molecule has 0 heterocycles. The lowest BCUT2D eigenvalue weighted by molar-refractivity contribution is -0.135. The summed E-state index contributed by atoms with van der Waals surface area (Å²) in [5, 5.41) is 0. The van der Waals surface area contributed by atoms with Gasteiger partial charge >= 0.3 is 15.0 Å². The number of hydrogen-bond donors (Lipinski definition) is 0. The van der Waals surface area contributed by atoms with Crippen molar-refractivity contribution in [3.8, 4) is 0 Å². The summed E-state index contributed by atoms with van der Waals surface area (Å²) in [5.41, 5.74) is 0. The third kappa shape index (κ3) is 9.42. The minimum absolute atomic E-state index is 0.189.